The lowest BCUT2D eigenvalue weighted by molar-refractivity contribution is -0.385. The van der Waals surface area contributed by atoms with Gasteiger partial charge in [0.15, 0.2) is 0 Å². The standard InChI is InChI=1S/C15H21BrN2O3/c1-11-4-6-15(19,7-5-11)10-17-9-12-2-3-13(16)8-14(12)18(20)21/h2-3,8,11,17,19H,4-7,9-10H2,1H3. The second-order valence-corrected chi connectivity index (χ2v) is 6.96. The third kappa shape index (κ3) is 4.49. The molecular weight excluding hydrogens is 336 g/mol. The molecule has 0 saturated heterocycles. The first kappa shape index (κ1) is 16.4. The number of rotatable bonds is 5. The highest BCUT2D eigenvalue weighted by molar-refractivity contribution is 9.10. The summed E-state index contributed by atoms with van der Waals surface area (Å²) in [5.41, 5.74) is 0.0634. The maximum atomic E-state index is 11.0. The first-order valence-corrected chi connectivity index (χ1v) is 8.05. The van der Waals surface area contributed by atoms with Crippen LogP contribution in [0.5, 0.6) is 0 Å². The van der Waals surface area contributed by atoms with Crippen molar-refractivity contribution in [2.24, 2.45) is 5.92 Å². The van der Waals surface area contributed by atoms with Gasteiger partial charge in [-0.2, -0.15) is 0 Å². The summed E-state index contributed by atoms with van der Waals surface area (Å²) in [4.78, 5) is 10.7. The summed E-state index contributed by atoms with van der Waals surface area (Å²) in [7, 11) is 0. The van der Waals surface area contributed by atoms with Crippen LogP contribution in [0.25, 0.3) is 0 Å². The lowest BCUT2D eigenvalue weighted by atomic mass is 9.79. The summed E-state index contributed by atoms with van der Waals surface area (Å²) in [5, 5.41) is 24.7. The Bertz CT molecular complexity index is 514. The molecule has 6 heteroatoms. The molecule has 1 aliphatic rings. The minimum atomic E-state index is -0.670. The molecule has 0 aromatic heterocycles. The second-order valence-electron chi connectivity index (χ2n) is 6.04. The van der Waals surface area contributed by atoms with Gasteiger partial charge in [0.25, 0.3) is 5.69 Å². The second kappa shape index (κ2) is 6.85. The first-order chi connectivity index (χ1) is 9.89. The molecule has 0 amide bonds. The van der Waals surface area contributed by atoms with Crippen LogP contribution < -0.4 is 5.32 Å². The zero-order chi connectivity index (χ0) is 15.5. The van der Waals surface area contributed by atoms with Crippen LogP contribution in [0.15, 0.2) is 22.7 Å². The fraction of sp³-hybridized carbons (Fsp3) is 0.600. The summed E-state index contributed by atoms with van der Waals surface area (Å²) in [6, 6.07) is 5.04. The van der Waals surface area contributed by atoms with Gasteiger partial charge >= 0.3 is 0 Å². The normalized spacial score (nSPS) is 25.8. The summed E-state index contributed by atoms with van der Waals surface area (Å²) in [6.45, 7) is 3.08. The smallest absolute Gasteiger partial charge is 0.275 e. The summed E-state index contributed by atoms with van der Waals surface area (Å²) in [5.74, 6) is 0.679. The van der Waals surface area contributed by atoms with Gasteiger partial charge in [0.05, 0.1) is 10.5 Å². The fourth-order valence-corrected chi connectivity index (χ4v) is 3.11. The third-order valence-electron chi connectivity index (χ3n) is 4.22. The summed E-state index contributed by atoms with van der Waals surface area (Å²) >= 11 is 3.24. The Labute approximate surface area is 133 Å². The van der Waals surface area contributed by atoms with E-state index in [0.717, 1.165) is 25.7 Å². The molecule has 0 bridgehead atoms. The highest BCUT2D eigenvalue weighted by atomic mass is 79.9. The fourth-order valence-electron chi connectivity index (χ4n) is 2.76. The van der Waals surface area contributed by atoms with Crippen molar-refractivity contribution in [3.05, 3.63) is 38.3 Å². The zero-order valence-corrected chi connectivity index (χ0v) is 13.7. The minimum absolute atomic E-state index is 0.0983. The van der Waals surface area contributed by atoms with Crippen LogP contribution in [-0.2, 0) is 6.54 Å². The maximum absolute atomic E-state index is 11.0. The highest BCUT2D eigenvalue weighted by Gasteiger charge is 2.31. The molecule has 1 aliphatic carbocycles. The molecule has 0 atom stereocenters. The van der Waals surface area contributed by atoms with E-state index in [9.17, 15) is 15.2 Å². The van der Waals surface area contributed by atoms with Crippen molar-refractivity contribution in [1.29, 1.82) is 0 Å². The molecular formula is C15H21BrN2O3. The monoisotopic (exact) mass is 356 g/mol. The molecule has 0 heterocycles. The summed E-state index contributed by atoms with van der Waals surface area (Å²) < 4.78 is 0.692. The molecule has 0 aliphatic heterocycles. The number of nitro benzene ring substituents is 1. The Hall–Kier alpha value is -0.980. The average molecular weight is 357 g/mol. The Balaban J connectivity index is 1.93. The quantitative estimate of drug-likeness (QED) is 0.626. The maximum Gasteiger partial charge on any atom is 0.275 e. The van der Waals surface area contributed by atoms with E-state index < -0.39 is 5.60 Å². The minimum Gasteiger partial charge on any atom is -0.389 e. The molecule has 21 heavy (non-hydrogen) atoms. The number of nitrogens with one attached hydrogen (secondary N) is 1. The van der Waals surface area contributed by atoms with E-state index in [1.54, 1.807) is 12.1 Å². The van der Waals surface area contributed by atoms with Gasteiger partial charge in [0.1, 0.15) is 0 Å². The molecule has 116 valence electrons. The van der Waals surface area contributed by atoms with Gasteiger partial charge < -0.3 is 10.4 Å². The number of nitro groups is 1. The number of nitrogens with zero attached hydrogens (tertiary/aromatic N) is 1. The molecule has 2 rings (SSSR count). The molecule has 5 nitrogen and oxygen atoms in total. The highest BCUT2D eigenvalue weighted by Crippen LogP contribution is 2.31. The first-order valence-electron chi connectivity index (χ1n) is 7.25. The van der Waals surface area contributed by atoms with Crippen LogP contribution in [-0.4, -0.2) is 22.2 Å². The summed E-state index contributed by atoms with van der Waals surface area (Å²) in [6.07, 6.45) is 3.67. The topological polar surface area (TPSA) is 75.4 Å². The molecule has 1 aromatic carbocycles. The van der Waals surface area contributed by atoms with Crippen LogP contribution in [0.3, 0.4) is 0 Å². The van der Waals surface area contributed by atoms with Crippen molar-refractivity contribution < 1.29 is 10.0 Å². The van der Waals surface area contributed by atoms with E-state index in [4.69, 9.17) is 0 Å². The third-order valence-corrected chi connectivity index (χ3v) is 4.71. The number of hydrogen-bond acceptors (Lipinski definition) is 4. The van der Waals surface area contributed by atoms with Crippen molar-refractivity contribution in [3.8, 4) is 0 Å². The zero-order valence-electron chi connectivity index (χ0n) is 12.1. The van der Waals surface area contributed by atoms with Crippen LogP contribution in [0, 0.1) is 16.0 Å². The predicted molar refractivity (Wildman–Crippen MR) is 85.1 cm³/mol. The van der Waals surface area contributed by atoms with Gasteiger partial charge in [-0.05, 0) is 43.7 Å². The van der Waals surface area contributed by atoms with Crippen molar-refractivity contribution >= 4 is 21.6 Å². The van der Waals surface area contributed by atoms with E-state index in [-0.39, 0.29) is 10.6 Å². The van der Waals surface area contributed by atoms with E-state index in [2.05, 4.69) is 28.2 Å². The van der Waals surface area contributed by atoms with Crippen molar-refractivity contribution in [3.63, 3.8) is 0 Å². The van der Waals surface area contributed by atoms with Crippen molar-refractivity contribution in [1.82, 2.24) is 5.32 Å². The Kier molecular flexibility index (Phi) is 5.35. The van der Waals surface area contributed by atoms with Gasteiger partial charge in [0, 0.05) is 29.2 Å². The van der Waals surface area contributed by atoms with Crippen LogP contribution in [0.4, 0.5) is 5.69 Å². The Morgan fingerprint density at radius 1 is 1.48 bits per heavy atom. The van der Waals surface area contributed by atoms with Crippen LogP contribution in [0.2, 0.25) is 0 Å². The lowest BCUT2D eigenvalue weighted by Gasteiger charge is -2.35. The number of hydrogen-bond donors (Lipinski definition) is 2. The van der Waals surface area contributed by atoms with Crippen molar-refractivity contribution in [2.45, 2.75) is 44.8 Å². The molecule has 0 radical (unpaired) electrons. The van der Waals surface area contributed by atoms with E-state index >= 15 is 0 Å². The van der Waals surface area contributed by atoms with Gasteiger partial charge in [-0.25, -0.2) is 0 Å². The van der Waals surface area contributed by atoms with Gasteiger partial charge in [0.2, 0.25) is 0 Å². The Morgan fingerprint density at radius 3 is 2.76 bits per heavy atom. The molecule has 0 unspecified atom stereocenters. The largest absolute Gasteiger partial charge is 0.389 e. The number of halogens is 1. The SMILES string of the molecule is CC1CCC(O)(CNCc2ccc(Br)cc2[N+](=O)[O-])CC1. The van der Waals surface area contributed by atoms with E-state index in [0.29, 0.717) is 29.0 Å². The lowest BCUT2D eigenvalue weighted by Crippen LogP contribution is -2.43. The Morgan fingerprint density at radius 2 is 2.14 bits per heavy atom. The van der Waals surface area contributed by atoms with E-state index in [1.165, 1.54) is 6.07 Å². The predicted octanol–water partition coefficient (Wildman–Crippen LogP) is 3.39. The van der Waals surface area contributed by atoms with Gasteiger partial charge in [-0.15, -0.1) is 0 Å². The van der Waals surface area contributed by atoms with Gasteiger partial charge in [-0.3, -0.25) is 10.1 Å². The van der Waals surface area contributed by atoms with Crippen molar-refractivity contribution in [2.75, 3.05) is 6.54 Å². The molecule has 0 spiro atoms. The average Bonchev–Trinajstić information content (AvgIpc) is 2.44. The van der Waals surface area contributed by atoms with E-state index in [1.807, 2.05) is 0 Å². The number of aliphatic hydroxyl groups is 1. The molecule has 1 saturated carbocycles. The van der Waals surface area contributed by atoms with Crippen LogP contribution in [0.1, 0.15) is 38.2 Å². The van der Waals surface area contributed by atoms with Crippen LogP contribution >= 0.6 is 15.9 Å². The molecule has 1 aromatic rings. The van der Waals surface area contributed by atoms with Gasteiger partial charge in [-0.1, -0.05) is 22.9 Å². The number of benzene rings is 1. The molecule has 1 fully saturated rings. The molecule has 2 N–H and O–H groups in total.